The Labute approximate surface area is 105 Å². The number of amides is 1. The summed E-state index contributed by atoms with van der Waals surface area (Å²) in [6.07, 6.45) is 1.52. The topological polar surface area (TPSA) is 37.4 Å². The van der Waals surface area contributed by atoms with Gasteiger partial charge in [-0.15, -0.1) is 0 Å². The van der Waals surface area contributed by atoms with Crippen molar-refractivity contribution in [1.29, 1.82) is 0 Å². The Bertz CT molecular complexity index is 441. The Morgan fingerprint density at radius 3 is 2.59 bits per heavy atom. The smallest absolute Gasteiger partial charge is 0.237 e. The standard InChI is InChI=1S/C13H14ClNO2/c1-9(16)12-3-2-8-15(13(12)17)11-6-4-10(14)5-7-11/h4-7,12H,2-3,8H2,1H3/t12-/m0/s1. The van der Waals surface area contributed by atoms with Gasteiger partial charge in [0.1, 0.15) is 5.78 Å². The van der Waals surface area contributed by atoms with Gasteiger partial charge in [0.2, 0.25) is 5.91 Å². The molecule has 1 saturated heterocycles. The lowest BCUT2D eigenvalue weighted by Crippen LogP contribution is -2.43. The first-order valence-corrected chi connectivity index (χ1v) is 6.05. The number of benzene rings is 1. The number of ketones is 1. The van der Waals surface area contributed by atoms with Crippen LogP contribution in [0.1, 0.15) is 19.8 Å². The van der Waals surface area contributed by atoms with E-state index < -0.39 is 5.92 Å². The summed E-state index contributed by atoms with van der Waals surface area (Å²) in [5.74, 6) is -0.612. The molecule has 1 aliphatic heterocycles. The molecule has 1 atom stereocenters. The molecular weight excluding hydrogens is 238 g/mol. The van der Waals surface area contributed by atoms with E-state index >= 15 is 0 Å². The number of hydrogen-bond donors (Lipinski definition) is 0. The lowest BCUT2D eigenvalue weighted by molar-refractivity contribution is -0.132. The van der Waals surface area contributed by atoms with Crippen molar-refractivity contribution < 1.29 is 9.59 Å². The Morgan fingerprint density at radius 1 is 1.35 bits per heavy atom. The molecule has 1 amide bonds. The Kier molecular flexibility index (Phi) is 3.48. The monoisotopic (exact) mass is 251 g/mol. The van der Waals surface area contributed by atoms with E-state index in [1.807, 2.05) is 12.1 Å². The van der Waals surface area contributed by atoms with E-state index in [1.165, 1.54) is 6.92 Å². The second-order valence-electron chi connectivity index (χ2n) is 4.27. The average molecular weight is 252 g/mol. The molecule has 3 nitrogen and oxygen atoms in total. The van der Waals surface area contributed by atoms with Crippen LogP contribution < -0.4 is 4.90 Å². The molecule has 0 N–H and O–H groups in total. The molecule has 0 radical (unpaired) electrons. The molecular formula is C13H14ClNO2. The van der Waals surface area contributed by atoms with E-state index in [2.05, 4.69) is 0 Å². The van der Waals surface area contributed by atoms with Gasteiger partial charge < -0.3 is 4.90 Å². The second kappa shape index (κ2) is 4.88. The highest BCUT2D eigenvalue weighted by atomic mass is 35.5. The highest BCUT2D eigenvalue weighted by Gasteiger charge is 2.32. The minimum Gasteiger partial charge on any atom is -0.312 e. The number of halogens is 1. The number of Topliss-reactive ketones (excluding diaryl/α,β-unsaturated/α-hetero) is 1. The molecule has 0 unspecified atom stereocenters. The summed E-state index contributed by atoms with van der Waals surface area (Å²) < 4.78 is 0. The molecule has 1 aromatic carbocycles. The SMILES string of the molecule is CC(=O)[C@@H]1CCCN(c2ccc(Cl)cc2)C1=O. The van der Waals surface area contributed by atoms with Crippen molar-refractivity contribution in [1.82, 2.24) is 0 Å². The van der Waals surface area contributed by atoms with Gasteiger partial charge in [0.15, 0.2) is 0 Å². The van der Waals surface area contributed by atoms with Crippen molar-refractivity contribution in [2.45, 2.75) is 19.8 Å². The molecule has 90 valence electrons. The Hall–Kier alpha value is -1.35. The fourth-order valence-electron chi connectivity index (χ4n) is 2.13. The summed E-state index contributed by atoms with van der Waals surface area (Å²) in [4.78, 5) is 25.2. The van der Waals surface area contributed by atoms with Crippen LogP contribution in [-0.4, -0.2) is 18.2 Å². The lowest BCUT2D eigenvalue weighted by atomic mass is 9.93. The predicted octanol–water partition coefficient (Wildman–Crippen LogP) is 2.67. The minimum absolute atomic E-state index is 0.0475. The van der Waals surface area contributed by atoms with Crippen LogP contribution in [0.4, 0.5) is 5.69 Å². The fourth-order valence-corrected chi connectivity index (χ4v) is 2.26. The van der Waals surface area contributed by atoms with Gasteiger partial charge >= 0.3 is 0 Å². The lowest BCUT2D eigenvalue weighted by Gasteiger charge is -2.31. The molecule has 0 aliphatic carbocycles. The number of carbonyl (C=O) groups is 2. The van der Waals surface area contributed by atoms with Gasteiger partial charge in [-0.2, -0.15) is 0 Å². The van der Waals surface area contributed by atoms with Crippen molar-refractivity contribution in [3.8, 4) is 0 Å². The van der Waals surface area contributed by atoms with E-state index in [9.17, 15) is 9.59 Å². The summed E-state index contributed by atoms with van der Waals surface area (Å²) >= 11 is 5.81. The van der Waals surface area contributed by atoms with Gasteiger partial charge in [0, 0.05) is 17.3 Å². The van der Waals surface area contributed by atoms with Crippen LogP contribution >= 0.6 is 11.6 Å². The van der Waals surface area contributed by atoms with Gasteiger partial charge in [-0.25, -0.2) is 0 Å². The average Bonchev–Trinajstić information content (AvgIpc) is 2.30. The first kappa shape index (κ1) is 12.1. The number of anilines is 1. The van der Waals surface area contributed by atoms with Crippen molar-refractivity contribution in [2.75, 3.05) is 11.4 Å². The molecule has 0 bridgehead atoms. The number of hydrogen-bond acceptors (Lipinski definition) is 2. The zero-order chi connectivity index (χ0) is 12.4. The van der Waals surface area contributed by atoms with Crippen molar-refractivity contribution in [3.05, 3.63) is 29.3 Å². The van der Waals surface area contributed by atoms with Gasteiger partial charge in [-0.05, 0) is 44.0 Å². The fraction of sp³-hybridized carbons (Fsp3) is 0.385. The van der Waals surface area contributed by atoms with E-state index in [1.54, 1.807) is 17.0 Å². The second-order valence-corrected chi connectivity index (χ2v) is 4.71. The van der Waals surface area contributed by atoms with Crippen molar-refractivity contribution in [3.63, 3.8) is 0 Å². The molecule has 0 saturated carbocycles. The van der Waals surface area contributed by atoms with Crippen LogP contribution in [0.2, 0.25) is 5.02 Å². The van der Waals surface area contributed by atoms with Crippen molar-refractivity contribution in [2.24, 2.45) is 5.92 Å². The van der Waals surface area contributed by atoms with E-state index in [0.29, 0.717) is 18.0 Å². The number of rotatable bonds is 2. The summed E-state index contributed by atoms with van der Waals surface area (Å²) in [6, 6.07) is 7.12. The van der Waals surface area contributed by atoms with Gasteiger partial charge in [0.25, 0.3) is 0 Å². The molecule has 0 aromatic heterocycles. The summed E-state index contributed by atoms with van der Waals surface area (Å²) in [5, 5.41) is 0.640. The maximum absolute atomic E-state index is 12.1. The maximum atomic E-state index is 12.1. The number of piperidine rings is 1. The third-order valence-electron chi connectivity index (χ3n) is 3.07. The summed E-state index contributed by atoms with van der Waals surface area (Å²) in [6.45, 7) is 2.15. The maximum Gasteiger partial charge on any atom is 0.237 e. The number of carbonyl (C=O) groups excluding carboxylic acids is 2. The molecule has 0 spiro atoms. The third-order valence-corrected chi connectivity index (χ3v) is 3.32. The van der Waals surface area contributed by atoms with E-state index in [-0.39, 0.29) is 11.7 Å². The van der Waals surface area contributed by atoms with Gasteiger partial charge in [-0.1, -0.05) is 11.6 Å². The zero-order valence-electron chi connectivity index (χ0n) is 9.65. The van der Waals surface area contributed by atoms with Gasteiger partial charge in [0.05, 0.1) is 5.92 Å². The van der Waals surface area contributed by atoms with Gasteiger partial charge in [-0.3, -0.25) is 9.59 Å². The highest BCUT2D eigenvalue weighted by molar-refractivity contribution is 6.30. The quantitative estimate of drug-likeness (QED) is 0.758. The van der Waals surface area contributed by atoms with E-state index in [4.69, 9.17) is 11.6 Å². The predicted molar refractivity (Wildman–Crippen MR) is 67.2 cm³/mol. The molecule has 17 heavy (non-hydrogen) atoms. The van der Waals surface area contributed by atoms with Crippen molar-refractivity contribution >= 4 is 29.0 Å². The summed E-state index contributed by atoms with van der Waals surface area (Å²) in [5.41, 5.74) is 0.811. The Morgan fingerprint density at radius 2 is 2.00 bits per heavy atom. The molecule has 1 heterocycles. The molecule has 1 aliphatic rings. The van der Waals surface area contributed by atoms with Crippen LogP contribution in [0.5, 0.6) is 0 Å². The van der Waals surface area contributed by atoms with Crippen LogP contribution in [-0.2, 0) is 9.59 Å². The summed E-state index contributed by atoms with van der Waals surface area (Å²) in [7, 11) is 0. The molecule has 1 fully saturated rings. The molecule has 2 rings (SSSR count). The molecule has 1 aromatic rings. The van der Waals surface area contributed by atoms with E-state index in [0.717, 1.165) is 12.1 Å². The first-order valence-electron chi connectivity index (χ1n) is 5.67. The molecule has 4 heteroatoms. The third kappa shape index (κ3) is 2.50. The number of nitrogens with zero attached hydrogens (tertiary/aromatic N) is 1. The largest absolute Gasteiger partial charge is 0.312 e. The van der Waals surface area contributed by atoms with Crippen LogP contribution in [0.15, 0.2) is 24.3 Å². The first-order chi connectivity index (χ1) is 8.09. The minimum atomic E-state index is -0.473. The zero-order valence-corrected chi connectivity index (χ0v) is 10.4. The normalized spacial score (nSPS) is 20.5. The Balaban J connectivity index is 2.23. The van der Waals surface area contributed by atoms with Crippen LogP contribution in [0.25, 0.3) is 0 Å². The highest BCUT2D eigenvalue weighted by Crippen LogP contribution is 2.26. The van der Waals surface area contributed by atoms with Crippen LogP contribution in [0.3, 0.4) is 0 Å². The van der Waals surface area contributed by atoms with Crippen LogP contribution in [0, 0.1) is 5.92 Å².